The van der Waals surface area contributed by atoms with E-state index in [9.17, 15) is 13.2 Å². The molecule has 8 heteroatoms. The molecule has 0 aromatic heterocycles. The number of benzene rings is 1. The molecule has 0 spiro atoms. The van der Waals surface area contributed by atoms with Crippen LogP contribution >= 0.6 is 23.2 Å². The summed E-state index contributed by atoms with van der Waals surface area (Å²) >= 11 is 11.5. The Kier molecular flexibility index (Phi) is 4.96. The third-order valence-electron chi connectivity index (χ3n) is 1.84. The van der Waals surface area contributed by atoms with E-state index in [0.717, 1.165) is 0 Å². The molecule has 1 amide bonds. The summed E-state index contributed by atoms with van der Waals surface area (Å²) in [6.07, 6.45) is 0. The minimum absolute atomic E-state index is 0.223. The molecule has 0 fully saturated rings. The van der Waals surface area contributed by atoms with E-state index in [2.05, 4.69) is 5.32 Å². The zero-order valence-corrected chi connectivity index (χ0v) is 11.3. The number of nitrogens with one attached hydrogen (secondary N) is 1. The van der Waals surface area contributed by atoms with Gasteiger partial charge in [0.2, 0.25) is 5.91 Å². The molecule has 1 N–H and O–H groups in total. The van der Waals surface area contributed by atoms with Crippen molar-refractivity contribution in [2.45, 2.75) is 0 Å². The van der Waals surface area contributed by atoms with Crippen molar-refractivity contribution in [3.05, 3.63) is 28.2 Å². The van der Waals surface area contributed by atoms with Gasteiger partial charge in [-0.15, -0.1) is 0 Å². The zero-order valence-electron chi connectivity index (χ0n) is 8.98. The molecule has 0 aliphatic heterocycles. The van der Waals surface area contributed by atoms with E-state index in [1.165, 1.54) is 24.3 Å². The zero-order chi connectivity index (χ0) is 13.8. The number of hydrogen-bond acceptors (Lipinski definition) is 4. The first kappa shape index (κ1) is 14.8. The summed E-state index contributed by atoms with van der Waals surface area (Å²) in [5.74, 6) is -2.25. The number of nitriles is 1. The fraction of sp³-hybridized carbons (Fsp3) is 0.200. The van der Waals surface area contributed by atoms with Crippen molar-refractivity contribution in [1.29, 1.82) is 5.26 Å². The van der Waals surface area contributed by atoms with Crippen molar-refractivity contribution in [3.63, 3.8) is 0 Å². The number of sulfone groups is 1. The Morgan fingerprint density at radius 1 is 1.39 bits per heavy atom. The maximum atomic E-state index is 11.5. The molecule has 0 atom stereocenters. The lowest BCUT2D eigenvalue weighted by Crippen LogP contribution is -2.24. The molecular formula is C10H8Cl2N2O3S. The number of halogens is 2. The lowest BCUT2D eigenvalue weighted by Gasteiger charge is -2.07. The summed E-state index contributed by atoms with van der Waals surface area (Å²) in [5.41, 5.74) is 0.223. The highest BCUT2D eigenvalue weighted by Crippen LogP contribution is 2.25. The quantitative estimate of drug-likeness (QED) is 0.920. The van der Waals surface area contributed by atoms with Gasteiger partial charge in [0.05, 0.1) is 16.8 Å². The van der Waals surface area contributed by atoms with E-state index in [4.69, 9.17) is 28.5 Å². The number of anilines is 1. The molecule has 0 aliphatic rings. The first-order chi connectivity index (χ1) is 8.34. The maximum Gasteiger partial charge on any atom is 0.239 e. The van der Waals surface area contributed by atoms with Gasteiger partial charge in [0.25, 0.3) is 0 Å². The molecule has 0 saturated heterocycles. The number of hydrogen-bond donors (Lipinski definition) is 1. The number of carbonyl (C=O) groups excluding carboxylic acids is 1. The Morgan fingerprint density at radius 3 is 2.67 bits per heavy atom. The van der Waals surface area contributed by atoms with E-state index in [0.29, 0.717) is 5.02 Å². The van der Waals surface area contributed by atoms with Gasteiger partial charge in [-0.05, 0) is 18.2 Å². The van der Waals surface area contributed by atoms with Crippen LogP contribution in [0.25, 0.3) is 0 Å². The molecule has 0 bridgehead atoms. The van der Waals surface area contributed by atoms with Crippen molar-refractivity contribution < 1.29 is 13.2 Å². The SMILES string of the molecule is N#CCS(=O)(=O)CC(=O)Nc1cc(Cl)ccc1Cl. The molecule has 96 valence electrons. The van der Waals surface area contributed by atoms with E-state index in [1.54, 1.807) is 0 Å². The number of rotatable bonds is 4. The Hall–Kier alpha value is -1.29. The van der Waals surface area contributed by atoms with E-state index < -0.39 is 27.3 Å². The summed E-state index contributed by atoms with van der Waals surface area (Å²) in [5, 5.41) is 11.2. The van der Waals surface area contributed by atoms with Crippen molar-refractivity contribution in [2.75, 3.05) is 16.8 Å². The van der Waals surface area contributed by atoms with Crippen LogP contribution in [0.2, 0.25) is 10.0 Å². The molecule has 0 unspecified atom stereocenters. The van der Waals surface area contributed by atoms with Crippen LogP contribution < -0.4 is 5.32 Å². The van der Waals surface area contributed by atoms with Gasteiger partial charge >= 0.3 is 0 Å². The van der Waals surface area contributed by atoms with Crippen LogP contribution in [-0.4, -0.2) is 25.8 Å². The van der Waals surface area contributed by atoms with E-state index in [-0.39, 0.29) is 10.7 Å². The lowest BCUT2D eigenvalue weighted by molar-refractivity contribution is -0.113. The largest absolute Gasteiger partial charge is 0.324 e. The fourth-order valence-electron chi connectivity index (χ4n) is 1.13. The van der Waals surface area contributed by atoms with E-state index >= 15 is 0 Å². The van der Waals surface area contributed by atoms with Crippen molar-refractivity contribution in [3.8, 4) is 6.07 Å². The lowest BCUT2D eigenvalue weighted by atomic mass is 10.3. The Morgan fingerprint density at radius 2 is 2.06 bits per heavy atom. The molecule has 1 aromatic rings. The number of amides is 1. The average Bonchev–Trinajstić information content (AvgIpc) is 2.22. The average molecular weight is 307 g/mol. The van der Waals surface area contributed by atoms with Gasteiger partial charge in [0.1, 0.15) is 11.5 Å². The molecule has 5 nitrogen and oxygen atoms in total. The fourth-order valence-corrected chi connectivity index (χ4v) is 2.24. The number of carbonyl (C=O) groups is 1. The van der Waals surface area contributed by atoms with Gasteiger partial charge in [0, 0.05) is 5.02 Å². The van der Waals surface area contributed by atoms with Gasteiger partial charge < -0.3 is 5.32 Å². The minimum Gasteiger partial charge on any atom is -0.324 e. The van der Waals surface area contributed by atoms with Crippen LogP contribution in [0.1, 0.15) is 0 Å². The van der Waals surface area contributed by atoms with Gasteiger partial charge in [-0.1, -0.05) is 23.2 Å². The molecule has 18 heavy (non-hydrogen) atoms. The van der Waals surface area contributed by atoms with Crippen LogP contribution in [-0.2, 0) is 14.6 Å². The molecule has 0 radical (unpaired) electrons. The standard InChI is InChI=1S/C10H8Cl2N2O3S/c11-7-1-2-8(12)9(5-7)14-10(15)6-18(16,17)4-3-13/h1-2,5H,4,6H2,(H,14,15). The van der Waals surface area contributed by atoms with Gasteiger partial charge in [0.15, 0.2) is 9.84 Å². The van der Waals surface area contributed by atoms with E-state index in [1.807, 2.05) is 0 Å². The normalized spacial score (nSPS) is 10.7. The predicted octanol–water partition coefficient (Wildman–Crippen LogP) is 1.87. The second-order valence-electron chi connectivity index (χ2n) is 3.36. The highest BCUT2D eigenvalue weighted by atomic mass is 35.5. The van der Waals surface area contributed by atoms with Crippen molar-refractivity contribution in [2.24, 2.45) is 0 Å². The third-order valence-corrected chi connectivity index (χ3v) is 3.67. The molecule has 0 saturated carbocycles. The molecule has 1 rings (SSSR count). The summed E-state index contributed by atoms with van der Waals surface area (Å²) < 4.78 is 22.5. The Labute approximate surface area is 114 Å². The first-order valence-electron chi connectivity index (χ1n) is 4.66. The monoisotopic (exact) mass is 306 g/mol. The Bertz CT molecular complexity index is 608. The maximum absolute atomic E-state index is 11.5. The molecule has 0 heterocycles. The predicted molar refractivity (Wildman–Crippen MR) is 69.4 cm³/mol. The summed E-state index contributed by atoms with van der Waals surface area (Å²) in [6.45, 7) is 0. The smallest absolute Gasteiger partial charge is 0.239 e. The van der Waals surface area contributed by atoms with Gasteiger partial charge in [-0.3, -0.25) is 4.79 Å². The first-order valence-corrected chi connectivity index (χ1v) is 7.24. The third kappa shape index (κ3) is 4.53. The summed E-state index contributed by atoms with van der Waals surface area (Å²) in [7, 11) is -3.72. The second-order valence-corrected chi connectivity index (χ2v) is 6.27. The van der Waals surface area contributed by atoms with Gasteiger partial charge in [-0.25, -0.2) is 8.42 Å². The summed E-state index contributed by atoms with van der Waals surface area (Å²) in [4.78, 5) is 11.5. The highest BCUT2D eigenvalue weighted by Gasteiger charge is 2.17. The molecule has 0 aliphatic carbocycles. The van der Waals surface area contributed by atoms with Crippen molar-refractivity contribution >= 4 is 44.6 Å². The van der Waals surface area contributed by atoms with Crippen molar-refractivity contribution in [1.82, 2.24) is 0 Å². The highest BCUT2D eigenvalue weighted by molar-refractivity contribution is 7.92. The Balaban J connectivity index is 2.77. The topological polar surface area (TPSA) is 87.0 Å². The minimum atomic E-state index is -3.72. The number of nitrogens with zero attached hydrogens (tertiary/aromatic N) is 1. The molecule has 1 aromatic carbocycles. The summed E-state index contributed by atoms with van der Waals surface area (Å²) in [6, 6.07) is 5.89. The van der Waals surface area contributed by atoms with Crippen LogP contribution in [0.3, 0.4) is 0 Å². The van der Waals surface area contributed by atoms with Crippen LogP contribution in [0, 0.1) is 11.3 Å². The second kappa shape index (κ2) is 6.05. The van der Waals surface area contributed by atoms with Crippen LogP contribution in [0.4, 0.5) is 5.69 Å². The van der Waals surface area contributed by atoms with Crippen LogP contribution in [0.5, 0.6) is 0 Å². The van der Waals surface area contributed by atoms with Crippen LogP contribution in [0.15, 0.2) is 18.2 Å². The molecular weight excluding hydrogens is 299 g/mol. The van der Waals surface area contributed by atoms with Gasteiger partial charge in [-0.2, -0.15) is 5.26 Å².